The fourth-order valence-electron chi connectivity index (χ4n) is 5.37. The van der Waals surface area contributed by atoms with Crippen LogP contribution in [0.4, 0.5) is 11.4 Å². The van der Waals surface area contributed by atoms with Crippen LogP contribution in [0.1, 0.15) is 34.8 Å². The second-order valence-corrected chi connectivity index (χ2v) is 8.73. The molecule has 1 saturated heterocycles. The van der Waals surface area contributed by atoms with Gasteiger partial charge in [-0.25, -0.2) is 0 Å². The summed E-state index contributed by atoms with van der Waals surface area (Å²) >= 11 is 0. The molecule has 2 fully saturated rings. The maximum absolute atomic E-state index is 13.1. The molecule has 0 aromatic heterocycles. The molecular weight excluding hydrogens is 376 g/mol. The van der Waals surface area contributed by atoms with Gasteiger partial charge in [0.1, 0.15) is 0 Å². The van der Waals surface area contributed by atoms with Gasteiger partial charge in [-0.05, 0) is 80.5 Å². The summed E-state index contributed by atoms with van der Waals surface area (Å²) in [7, 11) is 0. The zero-order chi connectivity index (χ0) is 21.2. The zero-order valence-electron chi connectivity index (χ0n) is 17.3. The lowest BCUT2D eigenvalue weighted by molar-refractivity contribution is -0.123. The van der Waals surface area contributed by atoms with Crippen LogP contribution in [0.15, 0.2) is 54.1 Å². The Kier molecular flexibility index (Phi) is 4.17. The van der Waals surface area contributed by atoms with Crippen molar-refractivity contribution >= 4 is 29.1 Å². The summed E-state index contributed by atoms with van der Waals surface area (Å²) < 4.78 is 0. The molecule has 2 aromatic rings. The summed E-state index contributed by atoms with van der Waals surface area (Å²) in [6.45, 7) is 6.03. The minimum Gasteiger partial charge on any atom is -0.322 e. The molecule has 5 nitrogen and oxygen atoms in total. The van der Waals surface area contributed by atoms with Crippen molar-refractivity contribution < 1.29 is 14.4 Å². The van der Waals surface area contributed by atoms with Crippen molar-refractivity contribution in [2.45, 2.75) is 27.2 Å². The SMILES string of the molecule is CC1=C[C@@H]2C[C@@H]1[C@@H]1C(=O)N(c3ccc(C(=O)Nc4cccc(C)c4C)cc3)C(=O)[C@H]12. The number of amides is 3. The van der Waals surface area contributed by atoms with Crippen LogP contribution in [0.5, 0.6) is 0 Å². The molecule has 30 heavy (non-hydrogen) atoms. The van der Waals surface area contributed by atoms with Crippen LogP contribution in [0, 0.1) is 37.5 Å². The Morgan fingerprint density at radius 1 is 0.967 bits per heavy atom. The number of hydrogen-bond donors (Lipinski definition) is 1. The predicted octanol–water partition coefficient (Wildman–Crippen LogP) is 4.26. The fraction of sp³-hybridized carbons (Fsp3) is 0.320. The number of imide groups is 1. The Morgan fingerprint density at radius 2 is 1.67 bits per heavy atom. The molecule has 2 bridgehead atoms. The van der Waals surface area contributed by atoms with E-state index in [9.17, 15) is 14.4 Å². The summed E-state index contributed by atoms with van der Waals surface area (Å²) in [6.07, 6.45) is 3.09. The number of hydrogen-bond acceptors (Lipinski definition) is 3. The van der Waals surface area contributed by atoms with Gasteiger partial charge in [-0.1, -0.05) is 23.8 Å². The molecule has 2 aliphatic carbocycles. The Labute approximate surface area is 175 Å². The highest BCUT2D eigenvalue weighted by Gasteiger charge is 2.60. The van der Waals surface area contributed by atoms with Crippen molar-refractivity contribution in [3.05, 3.63) is 70.8 Å². The minimum atomic E-state index is -0.224. The highest BCUT2D eigenvalue weighted by molar-refractivity contribution is 6.23. The fourth-order valence-corrected chi connectivity index (χ4v) is 5.37. The van der Waals surface area contributed by atoms with Crippen LogP contribution in [-0.2, 0) is 9.59 Å². The summed E-state index contributed by atoms with van der Waals surface area (Å²) in [5, 5.41) is 2.94. The van der Waals surface area contributed by atoms with Gasteiger partial charge >= 0.3 is 0 Å². The third-order valence-electron chi connectivity index (χ3n) is 7.12. The maximum Gasteiger partial charge on any atom is 0.255 e. The Balaban J connectivity index is 1.36. The number of rotatable bonds is 3. The number of nitrogens with one attached hydrogen (secondary N) is 1. The van der Waals surface area contributed by atoms with E-state index in [1.165, 1.54) is 10.5 Å². The first-order valence-corrected chi connectivity index (χ1v) is 10.4. The van der Waals surface area contributed by atoms with Crippen molar-refractivity contribution in [3.63, 3.8) is 0 Å². The molecule has 1 N–H and O–H groups in total. The molecule has 0 spiro atoms. The largest absolute Gasteiger partial charge is 0.322 e. The van der Waals surface area contributed by atoms with E-state index >= 15 is 0 Å². The smallest absolute Gasteiger partial charge is 0.255 e. The van der Waals surface area contributed by atoms with Crippen molar-refractivity contribution in [2.75, 3.05) is 10.2 Å². The van der Waals surface area contributed by atoms with Crippen LogP contribution < -0.4 is 10.2 Å². The van der Waals surface area contributed by atoms with Gasteiger partial charge in [0.2, 0.25) is 11.8 Å². The van der Waals surface area contributed by atoms with Crippen LogP contribution in [-0.4, -0.2) is 17.7 Å². The van der Waals surface area contributed by atoms with Gasteiger partial charge in [-0.2, -0.15) is 0 Å². The van der Waals surface area contributed by atoms with Crippen LogP contribution >= 0.6 is 0 Å². The minimum absolute atomic E-state index is 0.0995. The second kappa shape index (κ2) is 6.66. The Bertz CT molecular complexity index is 1120. The number of carbonyl (C=O) groups is 3. The highest BCUT2D eigenvalue weighted by atomic mass is 16.2. The molecule has 4 atom stereocenters. The quantitative estimate of drug-likeness (QED) is 0.618. The first-order valence-electron chi connectivity index (χ1n) is 10.4. The van der Waals surface area contributed by atoms with Crippen molar-refractivity contribution in [2.24, 2.45) is 23.7 Å². The van der Waals surface area contributed by atoms with Crippen molar-refractivity contribution in [1.82, 2.24) is 0 Å². The van der Waals surface area contributed by atoms with E-state index < -0.39 is 0 Å². The van der Waals surface area contributed by atoms with Crippen molar-refractivity contribution in [3.8, 4) is 0 Å². The average Bonchev–Trinajstić information content (AvgIpc) is 3.36. The van der Waals surface area contributed by atoms with Crippen LogP contribution in [0.3, 0.4) is 0 Å². The molecule has 0 radical (unpaired) electrons. The molecule has 1 aliphatic heterocycles. The summed E-state index contributed by atoms with van der Waals surface area (Å²) in [5.41, 5.74) is 5.18. The predicted molar refractivity (Wildman–Crippen MR) is 115 cm³/mol. The zero-order valence-corrected chi connectivity index (χ0v) is 17.3. The van der Waals surface area contributed by atoms with E-state index in [2.05, 4.69) is 18.3 Å². The van der Waals surface area contributed by atoms with E-state index in [1.807, 2.05) is 32.0 Å². The lowest BCUT2D eigenvalue weighted by atomic mass is 9.82. The lowest BCUT2D eigenvalue weighted by Crippen LogP contribution is -2.33. The normalized spacial score (nSPS) is 26.8. The Hall–Kier alpha value is -3.21. The number of aryl methyl sites for hydroxylation is 1. The van der Waals surface area contributed by atoms with Gasteiger partial charge in [-0.15, -0.1) is 0 Å². The topological polar surface area (TPSA) is 66.5 Å². The molecule has 1 saturated carbocycles. The number of allylic oxidation sites excluding steroid dienone is 2. The first kappa shape index (κ1) is 18.8. The summed E-state index contributed by atoms with van der Waals surface area (Å²) in [4.78, 5) is 40.1. The van der Waals surface area contributed by atoms with Crippen molar-refractivity contribution in [1.29, 1.82) is 0 Å². The number of anilines is 2. The third-order valence-corrected chi connectivity index (χ3v) is 7.12. The van der Waals surface area contributed by atoms with Crippen LogP contribution in [0.25, 0.3) is 0 Å². The van der Waals surface area contributed by atoms with Gasteiger partial charge in [0, 0.05) is 11.3 Å². The second-order valence-electron chi connectivity index (χ2n) is 8.73. The van der Waals surface area contributed by atoms with Gasteiger partial charge in [0.25, 0.3) is 5.91 Å². The van der Waals surface area contributed by atoms with E-state index in [0.29, 0.717) is 11.3 Å². The standard InChI is InChI=1S/C25H24N2O3/c1-13-5-4-6-20(15(13)3)26-23(28)16-7-9-18(10-8-16)27-24(29)21-17-11-14(2)19(12-17)22(21)25(27)30/h4-11,17,19,21-22H,12H2,1-3H3,(H,26,28)/t17-,19+,21+,22+/m1/s1. The van der Waals surface area contributed by atoms with Gasteiger partial charge in [0.15, 0.2) is 0 Å². The molecule has 2 aromatic carbocycles. The van der Waals surface area contributed by atoms with E-state index in [4.69, 9.17) is 0 Å². The average molecular weight is 400 g/mol. The Morgan fingerprint density at radius 3 is 2.40 bits per heavy atom. The molecule has 3 amide bonds. The number of carbonyl (C=O) groups excluding carboxylic acids is 3. The summed E-state index contributed by atoms with van der Waals surface area (Å²) in [6, 6.07) is 12.5. The van der Waals surface area contributed by atoms with Gasteiger partial charge < -0.3 is 5.32 Å². The first-order chi connectivity index (χ1) is 14.4. The number of nitrogens with zero attached hydrogens (tertiary/aromatic N) is 1. The van der Waals surface area contributed by atoms with Crippen LogP contribution in [0.2, 0.25) is 0 Å². The molecule has 5 heteroatoms. The third kappa shape index (κ3) is 2.65. The molecule has 1 heterocycles. The summed E-state index contributed by atoms with van der Waals surface area (Å²) in [5.74, 6) is -0.484. The number of benzene rings is 2. The molecular formula is C25H24N2O3. The van der Waals surface area contributed by atoms with Gasteiger partial charge in [0.05, 0.1) is 17.5 Å². The van der Waals surface area contributed by atoms with E-state index in [-0.39, 0.29) is 41.4 Å². The number of fused-ring (bicyclic) bond motifs is 5. The lowest BCUT2D eigenvalue weighted by Gasteiger charge is -2.19. The van der Waals surface area contributed by atoms with Gasteiger partial charge in [-0.3, -0.25) is 19.3 Å². The maximum atomic E-state index is 13.1. The molecule has 5 rings (SSSR count). The molecule has 152 valence electrons. The van der Waals surface area contributed by atoms with E-state index in [0.717, 1.165) is 23.2 Å². The highest BCUT2D eigenvalue weighted by Crippen LogP contribution is 2.55. The van der Waals surface area contributed by atoms with E-state index in [1.54, 1.807) is 24.3 Å². The molecule has 3 aliphatic rings. The monoisotopic (exact) mass is 400 g/mol. The molecule has 0 unspecified atom stereocenters.